The van der Waals surface area contributed by atoms with Crippen LogP contribution >= 0.6 is 0 Å². The SMILES string of the molecule is CCCc1ccc(C(O)C(O)CCNC(=O)OCc2ccccc2)cc1. The lowest BCUT2D eigenvalue weighted by atomic mass is 10.00. The minimum absolute atomic E-state index is 0.196. The molecule has 0 aliphatic rings. The van der Waals surface area contributed by atoms with Crippen LogP contribution in [-0.2, 0) is 17.8 Å². The predicted octanol–water partition coefficient (Wildman–Crippen LogP) is 3.35. The highest BCUT2D eigenvalue weighted by atomic mass is 16.5. The molecule has 2 rings (SSSR count). The number of aliphatic hydroxyl groups excluding tert-OH is 2. The average Bonchev–Trinajstić information content (AvgIpc) is 2.67. The molecule has 0 aliphatic carbocycles. The van der Waals surface area contributed by atoms with Crippen molar-refractivity contribution in [3.63, 3.8) is 0 Å². The molecule has 5 heteroatoms. The lowest BCUT2D eigenvalue weighted by molar-refractivity contribution is 0.0136. The Bertz CT molecular complexity index is 657. The number of hydrogen-bond donors (Lipinski definition) is 3. The van der Waals surface area contributed by atoms with Crippen molar-refractivity contribution in [2.75, 3.05) is 6.54 Å². The maximum atomic E-state index is 11.7. The third-order valence-electron chi connectivity index (χ3n) is 4.15. The summed E-state index contributed by atoms with van der Waals surface area (Å²) >= 11 is 0. The van der Waals surface area contributed by atoms with Crippen LogP contribution in [0.4, 0.5) is 4.79 Å². The summed E-state index contributed by atoms with van der Waals surface area (Å²) in [6, 6.07) is 17.0. The molecule has 0 bridgehead atoms. The van der Waals surface area contributed by atoms with Crippen molar-refractivity contribution < 1.29 is 19.7 Å². The van der Waals surface area contributed by atoms with Crippen LogP contribution in [-0.4, -0.2) is 29.0 Å². The molecule has 26 heavy (non-hydrogen) atoms. The average molecular weight is 357 g/mol. The summed E-state index contributed by atoms with van der Waals surface area (Å²) in [5.74, 6) is 0. The number of amides is 1. The number of aryl methyl sites for hydroxylation is 1. The zero-order valence-corrected chi connectivity index (χ0v) is 15.1. The molecule has 5 nitrogen and oxygen atoms in total. The van der Waals surface area contributed by atoms with Crippen molar-refractivity contribution in [1.29, 1.82) is 0 Å². The van der Waals surface area contributed by atoms with Crippen molar-refractivity contribution in [3.8, 4) is 0 Å². The Hall–Kier alpha value is -2.37. The molecule has 0 saturated carbocycles. The summed E-state index contributed by atoms with van der Waals surface area (Å²) < 4.78 is 5.10. The molecule has 1 amide bonds. The van der Waals surface area contributed by atoms with E-state index < -0.39 is 18.3 Å². The zero-order chi connectivity index (χ0) is 18.8. The predicted molar refractivity (Wildman–Crippen MR) is 101 cm³/mol. The number of rotatable bonds is 9. The number of nitrogens with one attached hydrogen (secondary N) is 1. The molecule has 3 N–H and O–H groups in total. The van der Waals surface area contributed by atoms with Crippen LogP contribution in [0.1, 0.15) is 42.6 Å². The van der Waals surface area contributed by atoms with Gasteiger partial charge in [-0.2, -0.15) is 0 Å². The summed E-state index contributed by atoms with van der Waals surface area (Å²) in [5, 5.41) is 22.9. The molecule has 0 fully saturated rings. The third-order valence-corrected chi connectivity index (χ3v) is 4.15. The quantitative estimate of drug-likeness (QED) is 0.643. The first-order valence-corrected chi connectivity index (χ1v) is 8.99. The van der Waals surface area contributed by atoms with Crippen molar-refractivity contribution in [2.45, 2.75) is 45.0 Å². The van der Waals surface area contributed by atoms with Crippen molar-refractivity contribution in [2.24, 2.45) is 0 Å². The summed E-state index contributed by atoms with van der Waals surface area (Å²) in [6.07, 6.45) is -0.184. The van der Waals surface area contributed by atoms with Gasteiger partial charge in [-0.1, -0.05) is 67.9 Å². The van der Waals surface area contributed by atoms with Gasteiger partial charge in [-0.3, -0.25) is 0 Å². The van der Waals surface area contributed by atoms with Gasteiger partial charge >= 0.3 is 6.09 Å². The fraction of sp³-hybridized carbons (Fsp3) is 0.381. The zero-order valence-electron chi connectivity index (χ0n) is 15.1. The Kier molecular flexibility index (Phi) is 8.12. The van der Waals surface area contributed by atoms with Crippen LogP contribution < -0.4 is 5.32 Å². The molecule has 0 radical (unpaired) electrons. The Morgan fingerprint density at radius 1 is 1.04 bits per heavy atom. The van der Waals surface area contributed by atoms with Gasteiger partial charge in [0.15, 0.2) is 0 Å². The minimum Gasteiger partial charge on any atom is -0.445 e. The topological polar surface area (TPSA) is 78.8 Å². The number of aliphatic hydroxyl groups is 2. The van der Waals surface area contributed by atoms with Crippen molar-refractivity contribution >= 4 is 6.09 Å². The molecular weight excluding hydrogens is 330 g/mol. The van der Waals surface area contributed by atoms with Gasteiger partial charge in [0.25, 0.3) is 0 Å². The molecule has 0 saturated heterocycles. The Balaban J connectivity index is 1.70. The highest BCUT2D eigenvalue weighted by Crippen LogP contribution is 2.19. The second-order valence-electron chi connectivity index (χ2n) is 6.28. The Labute approximate surface area is 154 Å². The van der Waals surface area contributed by atoms with Gasteiger partial charge in [0, 0.05) is 6.54 Å². The highest BCUT2D eigenvalue weighted by Gasteiger charge is 2.18. The fourth-order valence-corrected chi connectivity index (χ4v) is 2.65. The van der Waals surface area contributed by atoms with E-state index in [1.807, 2.05) is 54.6 Å². The third kappa shape index (κ3) is 6.50. The fourth-order valence-electron chi connectivity index (χ4n) is 2.65. The Morgan fingerprint density at radius 2 is 1.73 bits per heavy atom. The Morgan fingerprint density at radius 3 is 2.38 bits per heavy atom. The van der Waals surface area contributed by atoms with Crippen LogP contribution in [0, 0.1) is 0 Å². The summed E-state index contributed by atoms with van der Waals surface area (Å²) in [4.78, 5) is 11.7. The van der Waals surface area contributed by atoms with Gasteiger partial charge in [0.2, 0.25) is 0 Å². The summed E-state index contributed by atoms with van der Waals surface area (Å²) in [6.45, 7) is 2.53. The van der Waals surface area contributed by atoms with Gasteiger partial charge in [-0.25, -0.2) is 4.79 Å². The number of benzene rings is 2. The molecule has 0 aliphatic heterocycles. The maximum absolute atomic E-state index is 11.7. The summed E-state index contributed by atoms with van der Waals surface area (Å²) in [7, 11) is 0. The highest BCUT2D eigenvalue weighted by molar-refractivity contribution is 5.67. The second kappa shape index (κ2) is 10.6. The van der Waals surface area contributed by atoms with Gasteiger partial charge in [0.1, 0.15) is 12.7 Å². The molecule has 2 aromatic rings. The number of carbonyl (C=O) groups excluding carboxylic acids is 1. The van der Waals surface area contributed by atoms with Gasteiger partial charge < -0.3 is 20.3 Å². The van der Waals surface area contributed by atoms with Gasteiger partial charge in [0.05, 0.1) is 6.10 Å². The van der Waals surface area contributed by atoms with Crippen molar-refractivity contribution in [3.05, 3.63) is 71.3 Å². The van der Waals surface area contributed by atoms with E-state index in [1.165, 1.54) is 5.56 Å². The minimum atomic E-state index is -0.979. The number of hydrogen-bond acceptors (Lipinski definition) is 4. The van der Waals surface area contributed by atoms with Gasteiger partial charge in [-0.05, 0) is 29.5 Å². The summed E-state index contributed by atoms with van der Waals surface area (Å²) in [5.41, 5.74) is 2.79. The second-order valence-corrected chi connectivity index (χ2v) is 6.28. The molecule has 0 heterocycles. The number of alkyl carbamates (subject to hydrolysis) is 1. The van der Waals surface area contributed by atoms with E-state index in [4.69, 9.17) is 4.74 Å². The smallest absolute Gasteiger partial charge is 0.407 e. The van der Waals surface area contributed by atoms with E-state index in [-0.39, 0.29) is 19.6 Å². The monoisotopic (exact) mass is 357 g/mol. The largest absolute Gasteiger partial charge is 0.445 e. The van der Waals surface area contributed by atoms with Crippen LogP contribution in [0.3, 0.4) is 0 Å². The van der Waals surface area contributed by atoms with E-state index >= 15 is 0 Å². The standard InChI is InChI=1S/C21H27NO4/c1-2-6-16-9-11-18(12-10-16)20(24)19(23)13-14-22-21(25)26-15-17-7-4-3-5-8-17/h3-5,7-12,19-20,23-24H,2,6,13-15H2,1H3,(H,22,25). The van der Waals surface area contributed by atoms with Crippen LogP contribution in [0.15, 0.2) is 54.6 Å². The molecule has 0 aromatic heterocycles. The van der Waals surface area contributed by atoms with E-state index in [2.05, 4.69) is 12.2 Å². The normalized spacial score (nSPS) is 13.0. The number of carbonyl (C=O) groups is 1. The molecule has 0 spiro atoms. The van der Waals surface area contributed by atoms with Crippen molar-refractivity contribution in [1.82, 2.24) is 5.32 Å². The molecule has 140 valence electrons. The lowest BCUT2D eigenvalue weighted by Crippen LogP contribution is -2.29. The molecular formula is C21H27NO4. The van der Waals surface area contributed by atoms with Gasteiger partial charge in [-0.15, -0.1) is 0 Å². The number of ether oxygens (including phenoxy) is 1. The van der Waals surface area contributed by atoms with E-state index in [0.717, 1.165) is 18.4 Å². The van der Waals surface area contributed by atoms with E-state index in [9.17, 15) is 15.0 Å². The van der Waals surface area contributed by atoms with Crippen LogP contribution in [0.5, 0.6) is 0 Å². The van der Waals surface area contributed by atoms with E-state index in [0.29, 0.717) is 5.56 Å². The lowest BCUT2D eigenvalue weighted by Gasteiger charge is -2.18. The molecule has 2 unspecified atom stereocenters. The van der Waals surface area contributed by atoms with E-state index in [1.54, 1.807) is 0 Å². The molecule has 2 atom stereocenters. The molecule has 2 aromatic carbocycles. The van der Waals surface area contributed by atoms with Crippen LogP contribution in [0.25, 0.3) is 0 Å². The maximum Gasteiger partial charge on any atom is 0.407 e. The van der Waals surface area contributed by atoms with Crippen LogP contribution in [0.2, 0.25) is 0 Å². The first kappa shape index (κ1) is 19.9. The first-order chi connectivity index (χ1) is 12.6. The first-order valence-electron chi connectivity index (χ1n) is 8.99.